The fourth-order valence-electron chi connectivity index (χ4n) is 2.31. The van der Waals surface area contributed by atoms with Gasteiger partial charge in [-0.1, -0.05) is 13.0 Å². The third-order valence-electron chi connectivity index (χ3n) is 3.27. The smallest absolute Gasteiger partial charge is 0.125 e. The molecule has 1 saturated heterocycles. The Morgan fingerprint density at radius 1 is 1.50 bits per heavy atom. The molecule has 0 radical (unpaired) electrons. The molecule has 1 aliphatic rings. The second kappa shape index (κ2) is 6.71. The average molecular weight is 249 g/mol. The van der Waals surface area contributed by atoms with Crippen LogP contribution in [-0.2, 0) is 6.54 Å². The van der Waals surface area contributed by atoms with E-state index in [0.29, 0.717) is 0 Å². The number of hydrogen-bond acceptors (Lipinski definition) is 4. The van der Waals surface area contributed by atoms with Crippen LogP contribution in [0.5, 0.6) is 0 Å². The highest BCUT2D eigenvalue weighted by Crippen LogP contribution is 2.14. The van der Waals surface area contributed by atoms with Crippen LogP contribution in [0.1, 0.15) is 31.7 Å². The first-order valence-electron chi connectivity index (χ1n) is 6.87. The predicted octanol–water partition coefficient (Wildman–Crippen LogP) is 1.86. The van der Waals surface area contributed by atoms with Gasteiger partial charge in [-0.2, -0.15) is 0 Å². The zero-order valence-corrected chi connectivity index (χ0v) is 11.1. The Labute approximate surface area is 109 Å². The molecule has 2 rings (SSSR count). The van der Waals surface area contributed by atoms with Gasteiger partial charge in [0.05, 0.1) is 6.10 Å². The summed E-state index contributed by atoms with van der Waals surface area (Å²) in [5.41, 5.74) is 1.21. The van der Waals surface area contributed by atoms with E-state index in [4.69, 9.17) is 0 Å². The molecule has 0 spiro atoms. The Morgan fingerprint density at radius 2 is 2.39 bits per heavy atom. The van der Waals surface area contributed by atoms with Gasteiger partial charge in [0.2, 0.25) is 0 Å². The van der Waals surface area contributed by atoms with Crippen molar-refractivity contribution < 1.29 is 5.11 Å². The van der Waals surface area contributed by atoms with Gasteiger partial charge in [0.25, 0.3) is 0 Å². The number of likely N-dealkylation sites (tertiary alicyclic amines) is 1. The van der Waals surface area contributed by atoms with Crippen LogP contribution in [-0.4, -0.2) is 40.7 Å². The molecule has 0 bridgehead atoms. The quantitative estimate of drug-likeness (QED) is 0.836. The number of β-amino-alcohol motifs (C(OH)–C–C–N with tert-alkyl or cyclic N) is 1. The Hall–Kier alpha value is -1.13. The van der Waals surface area contributed by atoms with E-state index in [1.807, 2.05) is 12.3 Å². The summed E-state index contributed by atoms with van der Waals surface area (Å²) in [4.78, 5) is 6.70. The van der Waals surface area contributed by atoms with Gasteiger partial charge in [-0.25, -0.2) is 4.98 Å². The summed E-state index contributed by atoms with van der Waals surface area (Å²) >= 11 is 0. The lowest BCUT2D eigenvalue weighted by Crippen LogP contribution is -2.37. The minimum Gasteiger partial charge on any atom is -0.392 e. The standard InChI is InChI=1S/C14H23N3O/c1-2-7-15-14-6-5-12(9-16-14)10-17-8-3-4-13(18)11-17/h5-6,9,13,18H,2-4,7-8,10-11H2,1H3,(H,15,16). The van der Waals surface area contributed by atoms with Crippen molar-refractivity contribution >= 4 is 5.82 Å². The van der Waals surface area contributed by atoms with E-state index in [-0.39, 0.29) is 6.10 Å². The zero-order chi connectivity index (χ0) is 12.8. The molecule has 0 aromatic carbocycles. The molecule has 1 aromatic rings. The van der Waals surface area contributed by atoms with Gasteiger partial charge < -0.3 is 10.4 Å². The predicted molar refractivity (Wildman–Crippen MR) is 73.5 cm³/mol. The summed E-state index contributed by atoms with van der Waals surface area (Å²) in [7, 11) is 0. The fourth-order valence-corrected chi connectivity index (χ4v) is 2.31. The third kappa shape index (κ3) is 3.96. The van der Waals surface area contributed by atoms with Crippen molar-refractivity contribution in [2.24, 2.45) is 0 Å². The van der Waals surface area contributed by atoms with Gasteiger partial charge in [0, 0.05) is 25.8 Å². The van der Waals surface area contributed by atoms with Crippen molar-refractivity contribution in [2.75, 3.05) is 25.0 Å². The molecule has 0 aliphatic carbocycles. The summed E-state index contributed by atoms with van der Waals surface area (Å²) in [5, 5.41) is 12.9. The van der Waals surface area contributed by atoms with Crippen molar-refractivity contribution in [3.05, 3.63) is 23.9 Å². The number of aromatic nitrogens is 1. The third-order valence-corrected chi connectivity index (χ3v) is 3.27. The monoisotopic (exact) mass is 249 g/mol. The molecule has 1 atom stereocenters. The summed E-state index contributed by atoms with van der Waals surface area (Å²) in [5.74, 6) is 0.944. The Morgan fingerprint density at radius 3 is 3.06 bits per heavy atom. The largest absolute Gasteiger partial charge is 0.392 e. The molecule has 0 amide bonds. The lowest BCUT2D eigenvalue weighted by Gasteiger charge is -2.29. The first-order valence-corrected chi connectivity index (χ1v) is 6.87. The number of rotatable bonds is 5. The summed E-state index contributed by atoms with van der Waals surface area (Å²) in [6.45, 7) is 5.86. The van der Waals surface area contributed by atoms with E-state index in [2.05, 4.69) is 28.2 Å². The van der Waals surface area contributed by atoms with Gasteiger partial charge in [0.15, 0.2) is 0 Å². The number of aliphatic hydroxyl groups is 1. The number of piperidine rings is 1. The van der Waals surface area contributed by atoms with Crippen LogP contribution in [0.15, 0.2) is 18.3 Å². The van der Waals surface area contributed by atoms with Crippen molar-refractivity contribution in [2.45, 2.75) is 38.8 Å². The summed E-state index contributed by atoms with van der Waals surface area (Å²) in [6, 6.07) is 4.15. The molecular formula is C14H23N3O. The molecule has 2 N–H and O–H groups in total. The molecule has 4 nitrogen and oxygen atoms in total. The van der Waals surface area contributed by atoms with Gasteiger partial charge in [-0.05, 0) is 37.4 Å². The number of nitrogens with zero attached hydrogens (tertiary/aromatic N) is 2. The molecule has 1 unspecified atom stereocenters. The highest BCUT2D eigenvalue weighted by molar-refractivity contribution is 5.35. The van der Waals surface area contributed by atoms with Crippen LogP contribution >= 0.6 is 0 Å². The lowest BCUT2D eigenvalue weighted by atomic mass is 10.1. The maximum Gasteiger partial charge on any atom is 0.125 e. The van der Waals surface area contributed by atoms with Crippen LogP contribution in [0.4, 0.5) is 5.82 Å². The van der Waals surface area contributed by atoms with E-state index in [0.717, 1.165) is 51.3 Å². The second-order valence-electron chi connectivity index (χ2n) is 5.01. The minimum atomic E-state index is -0.155. The molecular weight excluding hydrogens is 226 g/mol. The first-order chi connectivity index (χ1) is 8.78. The van der Waals surface area contributed by atoms with Gasteiger partial charge in [-0.15, -0.1) is 0 Å². The van der Waals surface area contributed by atoms with Crippen LogP contribution in [0.3, 0.4) is 0 Å². The number of anilines is 1. The maximum atomic E-state index is 9.63. The normalized spacial score (nSPS) is 20.9. The number of nitrogens with one attached hydrogen (secondary N) is 1. The van der Waals surface area contributed by atoms with E-state index < -0.39 is 0 Å². The summed E-state index contributed by atoms with van der Waals surface area (Å²) in [6.07, 6.45) is 4.91. The van der Waals surface area contributed by atoms with Crippen molar-refractivity contribution in [1.29, 1.82) is 0 Å². The molecule has 100 valence electrons. The number of pyridine rings is 1. The van der Waals surface area contributed by atoms with E-state index in [1.165, 1.54) is 5.56 Å². The van der Waals surface area contributed by atoms with Crippen molar-refractivity contribution in [3.63, 3.8) is 0 Å². The van der Waals surface area contributed by atoms with Crippen LogP contribution in [0.25, 0.3) is 0 Å². The highest BCUT2D eigenvalue weighted by Gasteiger charge is 2.17. The van der Waals surface area contributed by atoms with Crippen LogP contribution < -0.4 is 5.32 Å². The molecule has 1 aromatic heterocycles. The first kappa shape index (κ1) is 13.3. The second-order valence-corrected chi connectivity index (χ2v) is 5.01. The fraction of sp³-hybridized carbons (Fsp3) is 0.643. The van der Waals surface area contributed by atoms with Crippen LogP contribution in [0.2, 0.25) is 0 Å². The van der Waals surface area contributed by atoms with E-state index in [9.17, 15) is 5.11 Å². The molecule has 1 aliphatic heterocycles. The Kier molecular flexibility index (Phi) is 4.96. The maximum absolute atomic E-state index is 9.63. The SMILES string of the molecule is CCCNc1ccc(CN2CCCC(O)C2)cn1. The number of aliphatic hydroxyl groups excluding tert-OH is 1. The average Bonchev–Trinajstić information content (AvgIpc) is 2.38. The highest BCUT2D eigenvalue weighted by atomic mass is 16.3. The Bertz CT molecular complexity index is 353. The minimum absolute atomic E-state index is 0.155. The topological polar surface area (TPSA) is 48.4 Å². The molecule has 2 heterocycles. The van der Waals surface area contributed by atoms with Crippen molar-refractivity contribution in [3.8, 4) is 0 Å². The van der Waals surface area contributed by atoms with Gasteiger partial charge in [0.1, 0.15) is 5.82 Å². The van der Waals surface area contributed by atoms with Crippen molar-refractivity contribution in [1.82, 2.24) is 9.88 Å². The van der Waals surface area contributed by atoms with E-state index in [1.54, 1.807) is 0 Å². The zero-order valence-electron chi connectivity index (χ0n) is 11.1. The van der Waals surface area contributed by atoms with Gasteiger partial charge >= 0.3 is 0 Å². The molecule has 4 heteroatoms. The number of hydrogen-bond donors (Lipinski definition) is 2. The molecule has 18 heavy (non-hydrogen) atoms. The van der Waals surface area contributed by atoms with Gasteiger partial charge in [-0.3, -0.25) is 4.90 Å². The van der Waals surface area contributed by atoms with Crippen LogP contribution in [0, 0.1) is 0 Å². The van der Waals surface area contributed by atoms with E-state index >= 15 is 0 Å². The summed E-state index contributed by atoms with van der Waals surface area (Å²) < 4.78 is 0. The molecule has 1 fully saturated rings. The Balaban J connectivity index is 1.85. The lowest BCUT2D eigenvalue weighted by molar-refractivity contribution is 0.0668. The molecule has 0 saturated carbocycles.